The van der Waals surface area contributed by atoms with Crippen LogP contribution in [0, 0.1) is 17.0 Å². The fraction of sp³-hybridized carbons (Fsp3) is 0.0833. The van der Waals surface area contributed by atoms with Crippen LogP contribution in [0.25, 0.3) is 0 Å². The predicted molar refractivity (Wildman–Crippen MR) is 67.6 cm³/mol. The molecule has 0 amide bonds. The number of nitrogens with zero attached hydrogens (tertiary/aromatic N) is 1. The number of carbonyl (C=O) groups is 1. The molecule has 18 heavy (non-hydrogen) atoms. The summed E-state index contributed by atoms with van der Waals surface area (Å²) >= 11 is 1.22. The molecule has 0 fully saturated rings. The maximum atomic E-state index is 10.7. The Hall–Kier alpha value is -2.21. The first kappa shape index (κ1) is 12.3. The number of ether oxygens (including phenoxy) is 1. The van der Waals surface area contributed by atoms with Gasteiger partial charge in [-0.3, -0.25) is 14.9 Å². The first-order valence-corrected chi connectivity index (χ1v) is 5.89. The summed E-state index contributed by atoms with van der Waals surface area (Å²) in [6, 6.07) is 7.87. The fourth-order valence-electron chi connectivity index (χ4n) is 1.47. The van der Waals surface area contributed by atoms with Gasteiger partial charge in [-0.25, -0.2) is 0 Å². The minimum atomic E-state index is -0.436. The molecule has 0 unspecified atom stereocenters. The van der Waals surface area contributed by atoms with Crippen LogP contribution >= 0.6 is 11.3 Å². The number of benzene rings is 1. The molecule has 0 aliphatic rings. The molecule has 1 aromatic carbocycles. The molecule has 2 rings (SSSR count). The SMILES string of the molecule is Cc1cc(Oc2ccc(C=O)s2)ccc1[N+](=O)[O-]. The van der Waals surface area contributed by atoms with Crippen LogP contribution in [0.5, 0.6) is 10.8 Å². The number of rotatable bonds is 4. The Morgan fingerprint density at radius 2 is 2.11 bits per heavy atom. The van der Waals surface area contributed by atoms with Gasteiger partial charge >= 0.3 is 0 Å². The monoisotopic (exact) mass is 263 g/mol. The van der Waals surface area contributed by atoms with Crippen molar-refractivity contribution in [3.63, 3.8) is 0 Å². The second-order valence-electron chi connectivity index (χ2n) is 3.58. The van der Waals surface area contributed by atoms with Crippen molar-refractivity contribution in [2.75, 3.05) is 0 Å². The maximum absolute atomic E-state index is 10.7. The predicted octanol–water partition coefficient (Wildman–Crippen LogP) is 3.57. The summed E-state index contributed by atoms with van der Waals surface area (Å²) < 4.78 is 5.51. The maximum Gasteiger partial charge on any atom is 0.272 e. The number of hydrogen-bond acceptors (Lipinski definition) is 5. The van der Waals surface area contributed by atoms with E-state index >= 15 is 0 Å². The van der Waals surface area contributed by atoms with Gasteiger partial charge in [0.25, 0.3) is 5.69 Å². The number of thiophene rings is 1. The second kappa shape index (κ2) is 4.97. The lowest BCUT2D eigenvalue weighted by Crippen LogP contribution is -1.91. The standard InChI is InChI=1S/C12H9NO4S/c1-8-6-9(2-4-11(8)13(15)16)17-12-5-3-10(7-14)18-12/h2-7H,1H3. The summed E-state index contributed by atoms with van der Waals surface area (Å²) in [6.07, 6.45) is 0.749. The van der Waals surface area contributed by atoms with Gasteiger partial charge in [0.15, 0.2) is 11.3 Å². The molecule has 1 heterocycles. The minimum absolute atomic E-state index is 0.0575. The number of aldehydes is 1. The largest absolute Gasteiger partial charge is 0.447 e. The highest BCUT2D eigenvalue weighted by molar-refractivity contribution is 7.15. The summed E-state index contributed by atoms with van der Waals surface area (Å²) in [6.45, 7) is 1.65. The summed E-state index contributed by atoms with van der Waals surface area (Å²) in [5.74, 6) is 0.511. The lowest BCUT2D eigenvalue weighted by atomic mass is 10.2. The van der Waals surface area contributed by atoms with E-state index < -0.39 is 4.92 Å². The average molecular weight is 263 g/mol. The van der Waals surface area contributed by atoms with Crippen molar-refractivity contribution in [3.05, 3.63) is 50.9 Å². The van der Waals surface area contributed by atoms with Crippen molar-refractivity contribution < 1.29 is 14.5 Å². The number of carbonyl (C=O) groups excluding carboxylic acids is 1. The minimum Gasteiger partial charge on any atom is -0.447 e. The molecule has 6 heteroatoms. The molecular formula is C12H9NO4S. The molecule has 0 N–H and O–H groups in total. The molecule has 0 saturated heterocycles. The second-order valence-corrected chi connectivity index (χ2v) is 4.66. The molecule has 5 nitrogen and oxygen atoms in total. The zero-order valence-electron chi connectivity index (χ0n) is 9.45. The van der Waals surface area contributed by atoms with E-state index in [1.165, 1.54) is 23.5 Å². The van der Waals surface area contributed by atoms with Crippen molar-refractivity contribution in [2.24, 2.45) is 0 Å². The van der Waals surface area contributed by atoms with E-state index in [2.05, 4.69) is 0 Å². The molecule has 1 aromatic heterocycles. The Labute approximate surface area is 107 Å². The van der Waals surface area contributed by atoms with Gasteiger partial charge in [0.1, 0.15) is 5.75 Å². The first-order chi connectivity index (χ1) is 8.60. The summed E-state index contributed by atoms with van der Waals surface area (Å²) in [5.41, 5.74) is 0.590. The summed E-state index contributed by atoms with van der Waals surface area (Å²) in [5, 5.41) is 11.2. The summed E-state index contributed by atoms with van der Waals surface area (Å²) in [4.78, 5) is 21.3. The van der Waals surface area contributed by atoms with Gasteiger partial charge < -0.3 is 4.74 Å². The van der Waals surface area contributed by atoms with Gasteiger partial charge in [-0.15, -0.1) is 0 Å². The van der Waals surface area contributed by atoms with E-state index in [1.54, 1.807) is 25.1 Å². The Morgan fingerprint density at radius 1 is 1.33 bits per heavy atom. The van der Waals surface area contributed by atoms with Crippen LogP contribution in [-0.4, -0.2) is 11.2 Å². The van der Waals surface area contributed by atoms with Crippen molar-refractivity contribution in [1.29, 1.82) is 0 Å². The van der Waals surface area contributed by atoms with E-state index in [9.17, 15) is 14.9 Å². The Kier molecular flexibility index (Phi) is 3.38. The fourth-order valence-corrected chi connectivity index (χ4v) is 2.16. The number of nitro groups is 1. The Bertz CT molecular complexity index is 606. The Morgan fingerprint density at radius 3 is 2.67 bits per heavy atom. The molecule has 2 aromatic rings. The number of aryl methyl sites for hydroxylation is 1. The third kappa shape index (κ3) is 2.54. The quantitative estimate of drug-likeness (QED) is 0.480. The first-order valence-electron chi connectivity index (χ1n) is 5.08. The van der Waals surface area contributed by atoms with E-state index in [4.69, 9.17) is 4.74 Å². The van der Waals surface area contributed by atoms with Crippen molar-refractivity contribution >= 4 is 23.3 Å². The zero-order valence-corrected chi connectivity index (χ0v) is 10.3. The van der Waals surface area contributed by atoms with E-state index in [0.717, 1.165) is 6.29 Å². The van der Waals surface area contributed by atoms with Crippen LogP contribution in [0.15, 0.2) is 30.3 Å². The van der Waals surface area contributed by atoms with Crippen molar-refractivity contribution in [2.45, 2.75) is 6.92 Å². The van der Waals surface area contributed by atoms with Crippen LogP contribution in [0.4, 0.5) is 5.69 Å². The highest BCUT2D eigenvalue weighted by Crippen LogP contribution is 2.31. The highest BCUT2D eigenvalue weighted by atomic mass is 32.1. The van der Waals surface area contributed by atoms with Gasteiger partial charge in [0.05, 0.1) is 9.80 Å². The van der Waals surface area contributed by atoms with E-state index in [-0.39, 0.29) is 5.69 Å². The average Bonchev–Trinajstić information content (AvgIpc) is 2.76. The third-order valence-electron chi connectivity index (χ3n) is 2.30. The van der Waals surface area contributed by atoms with Crippen LogP contribution in [0.3, 0.4) is 0 Å². The van der Waals surface area contributed by atoms with Gasteiger partial charge in [0.2, 0.25) is 0 Å². The zero-order chi connectivity index (χ0) is 13.1. The Balaban J connectivity index is 2.22. The smallest absolute Gasteiger partial charge is 0.272 e. The van der Waals surface area contributed by atoms with Gasteiger partial charge in [-0.2, -0.15) is 0 Å². The molecule has 0 atom stereocenters. The van der Waals surface area contributed by atoms with Gasteiger partial charge in [-0.05, 0) is 31.2 Å². The molecule has 0 aliphatic carbocycles. The number of hydrogen-bond donors (Lipinski definition) is 0. The van der Waals surface area contributed by atoms with Gasteiger partial charge in [0, 0.05) is 11.6 Å². The van der Waals surface area contributed by atoms with Crippen molar-refractivity contribution in [1.82, 2.24) is 0 Å². The molecule has 0 aliphatic heterocycles. The van der Waals surface area contributed by atoms with Crippen LogP contribution in [-0.2, 0) is 0 Å². The highest BCUT2D eigenvalue weighted by Gasteiger charge is 2.11. The van der Waals surface area contributed by atoms with Gasteiger partial charge in [-0.1, -0.05) is 11.3 Å². The normalized spacial score (nSPS) is 10.1. The van der Waals surface area contributed by atoms with Crippen LogP contribution < -0.4 is 4.74 Å². The summed E-state index contributed by atoms with van der Waals surface area (Å²) in [7, 11) is 0. The number of nitro benzene ring substituents is 1. The van der Waals surface area contributed by atoms with E-state index in [1.807, 2.05) is 0 Å². The molecule has 0 spiro atoms. The van der Waals surface area contributed by atoms with Crippen LogP contribution in [0.2, 0.25) is 0 Å². The van der Waals surface area contributed by atoms with Crippen LogP contribution in [0.1, 0.15) is 15.2 Å². The molecule has 0 bridgehead atoms. The lowest BCUT2D eigenvalue weighted by Gasteiger charge is -2.03. The van der Waals surface area contributed by atoms with E-state index in [0.29, 0.717) is 21.3 Å². The molecular weight excluding hydrogens is 254 g/mol. The molecule has 0 saturated carbocycles. The topological polar surface area (TPSA) is 69.4 Å². The lowest BCUT2D eigenvalue weighted by molar-refractivity contribution is -0.385. The third-order valence-corrected chi connectivity index (χ3v) is 3.19. The van der Waals surface area contributed by atoms with Crippen molar-refractivity contribution in [3.8, 4) is 10.8 Å². The molecule has 0 radical (unpaired) electrons. The molecule has 92 valence electrons.